The predicted octanol–water partition coefficient (Wildman–Crippen LogP) is 1.45. The maximum Gasteiger partial charge on any atom is 0.514 e. The molecule has 0 unspecified atom stereocenters. The maximum absolute atomic E-state index is 11.0. The number of hydrogen-bond donors (Lipinski definition) is 0. The van der Waals surface area contributed by atoms with Crippen LogP contribution in [0.5, 0.6) is 0 Å². The van der Waals surface area contributed by atoms with E-state index in [2.05, 4.69) is 18.9 Å². The average Bonchev–Trinajstić information content (AvgIpc) is 2.28. The number of carbonyl (C=O) groups excluding carboxylic acids is 3. The normalized spacial score (nSPS) is 10.1. The Bertz CT molecular complexity index is 268. The molecule has 0 bridgehead atoms. The maximum atomic E-state index is 11.0. The molecule has 0 aromatic heterocycles. The topological polar surface area (TPSA) is 88.1 Å². The molecule has 0 radical (unpaired) electrons. The molecule has 0 aliphatic rings. The first-order chi connectivity index (χ1) is 8.34. The Balaban J connectivity index is 3.61. The van der Waals surface area contributed by atoms with Gasteiger partial charge in [-0.3, -0.25) is 9.59 Å². The summed E-state index contributed by atoms with van der Waals surface area (Å²) < 4.78 is 18.0. The van der Waals surface area contributed by atoms with Crippen molar-refractivity contribution >= 4 is 18.1 Å². The van der Waals surface area contributed by atoms with E-state index in [1.54, 1.807) is 27.7 Å². The standard InChI is InChI=1S/C11H18O7/c1-7(2)9(12)15-5-17-11(14)18-6-16-10(13)8(3)4/h7-8H,5-6H2,1-4H3. The van der Waals surface area contributed by atoms with E-state index in [0.717, 1.165) is 0 Å². The molecule has 0 saturated carbocycles. The molecule has 0 aliphatic heterocycles. The Labute approximate surface area is 105 Å². The minimum atomic E-state index is -1.08. The van der Waals surface area contributed by atoms with E-state index in [1.807, 2.05) is 0 Å². The van der Waals surface area contributed by atoms with Crippen LogP contribution in [0.15, 0.2) is 0 Å². The first-order valence-electron chi connectivity index (χ1n) is 5.47. The van der Waals surface area contributed by atoms with Crippen LogP contribution < -0.4 is 0 Å². The van der Waals surface area contributed by atoms with E-state index in [-0.39, 0.29) is 11.8 Å². The van der Waals surface area contributed by atoms with Crippen molar-refractivity contribution in [1.82, 2.24) is 0 Å². The summed E-state index contributed by atoms with van der Waals surface area (Å²) in [5, 5.41) is 0. The minimum Gasteiger partial charge on any atom is -0.427 e. The highest BCUT2D eigenvalue weighted by atomic mass is 16.8. The van der Waals surface area contributed by atoms with Crippen molar-refractivity contribution in [3.8, 4) is 0 Å². The van der Waals surface area contributed by atoms with Gasteiger partial charge in [-0.05, 0) is 0 Å². The van der Waals surface area contributed by atoms with Gasteiger partial charge in [-0.1, -0.05) is 27.7 Å². The number of rotatable bonds is 6. The summed E-state index contributed by atoms with van der Waals surface area (Å²) in [6.45, 7) is 5.51. The summed E-state index contributed by atoms with van der Waals surface area (Å²) in [5.41, 5.74) is 0. The average molecular weight is 262 g/mol. The van der Waals surface area contributed by atoms with Gasteiger partial charge in [0, 0.05) is 0 Å². The molecule has 104 valence electrons. The van der Waals surface area contributed by atoms with Crippen LogP contribution in [0.3, 0.4) is 0 Å². The first kappa shape index (κ1) is 16.2. The third-order valence-electron chi connectivity index (χ3n) is 1.70. The lowest BCUT2D eigenvalue weighted by atomic mass is 10.2. The largest absolute Gasteiger partial charge is 0.514 e. The van der Waals surface area contributed by atoms with Crippen LogP contribution in [0.4, 0.5) is 4.79 Å². The summed E-state index contributed by atoms with van der Waals surface area (Å²) in [5.74, 6) is -1.60. The lowest BCUT2D eigenvalue weighted by molar-refractivity contribution is -0.161. The van der Waals surface area contributed by atoms with E-state index < -0.39 is 31.7 Å². The Morgan fingerprint density at radius 3 is 1.33 bits per heavy atom. The molecule has 0 fully saturated rings. The molecule has 0 amide bonds. The summed E-state index contributed by atoms with van der Waals surface area (Å²) in [6, 6.07) is 0. The highest BCUT2D eigenvalue weighted by Crippen LogP contribution is 1.98. The van der Waals surface area contributed by atoms with Gasteiger partial charge in [0.15, 0.2) is 0 Å². The van der Waals surface area contributed by atoms with Gasteiger partial charge in [0.25, 0.3) is 0 Å². The molecule has 7 heteroatoms. The van der Waals surface area contributed by atoms with Crippen LogP contribution in [-0.4, -0.2) is 31.7 Å². The van der Waals surface area contributed by atoms with Gasteiger partial charge in [-0.2, -0.15) is 0 Å². The molecular weight excluding hydrogens is 244 g/mol. The Kier molecular flexibility index (Phi) is 7.50. The van der Waals surface area contributed by atoms with E-state index in [1.165, 1.54) is 0 Å². The molecule has 0 spiro atoms. The molecule has 0 aliphatic carbocycles. The molecule has 18 heavy (non-hydrogen) atoms. The summed E-state index contributed by atoms with van der Waals surface area (Å²) in [6.07, 6.45) is -1.08. The molecule has 0 saturated heterocycles. The van der Waals surface area contributed by atoms with E-state index >= 15 is 0 Å². The second-order valence-electron chi connectivity index (χ2n) is 4.01. The Morgan fingerprint density at radius 1 is 0.722 bits per heavy atom. The van der Waals surface area contributed by atoms with Gasteiger partial charge in [0.05, 0.1) is 11.8 Å². The van der Waals surface area contributed by atoms with Gasteiger partial charge < -0.3 is 18.9 Å². The van der Waals surface area contributed by atoms with E-state index in [4.69, 9.17) is 0 Å². The molecule has 0 heterocycles. The van der Waals surface area contributed by atoms with E-state index in [0.29, 0.717) is 0 Å². The van der Waals surface area contributed by atoms with Crippen molar-refractivity contribution in [1.29, 1.82) is 0 Å². The van der Waals surface area contributed by atoms with Gasteiger partial charge in [-0.15, -0.1) is 0 Å². The zero-order valence-corrected chi connectivity index (χ0v) is 10.9. The van der Waals surface area contributed by atoms with Crippen molar-refractivity contribution in [2.75, 3.05) is 13.6 Å². The van der Waals surface area contributed by atoms with E-state index in [9.17, 15) is 14.4 Å². The summed E-state index contributed by atoms with van der Waals surface area (Å²) >= 11 is 0. The summed E-state index contributed by atoms with van der Waals surface area (Å²) in [4.78, 5) is 32.9. The molecule has 0 aromatic carbocycles. The van der Waals surface area contributed by atoms with Gasteiger partial charge in [0.2, 0.25) is 13.6 Å². The minimum absolute atomic E-state index is 0.309. The fourth-order valence-electron chi connectivity index (χ4n) is 0.646. The number of hydrogen-bond acceptors (Lipinski definition) is 7. The fourth-order valence-corrected chi connectivity index (χ4v) is 0.646. The van der Waals surface area contributed by atoms with Crippen LogP contribution in [-0.2, 0) is 28.5 Å². The SMILES string of the molecule is CC(C)C(=O)OCOC(=O)OCOC(=O)C(C)C. The van der Waals surface area contributed by atoms with Crippen LogP contribution in [0.2, 0.25) is 0 Å². The lowest BCUT2D eigenvalue weighted by Crippen LogP contribution is -2.19. The van der Waals surface area contributed by atoms with Crippen LogP contribution in [0, 0.1) is 11.8 Å². The molecule has 0 atom stereocenters. The zero-order valence-electron chi connectivity index (χ0n) is 10.9. The van der Waals surface area contributed by atoms with Crippen molar-refractivity contribution in [2.24, 2.45) is 11.8 Å². The molecule has 0 rings (SSSR count). The predicted molar refractivity (Wildman–Crippen MR) is 59.2 cm³/mol. The first-order valence-corrected chi connectivity index (χ1v) is 5.47. The second-order valence-corrected chi connectivity index (χ2v) is 4.01. The van der Waals surface area contributed by atoms with Crippen LogP contribution in [0.1, 0.15) is 27.7 Å². The zero-order chi connectivity index (χ0) is 14.1. The van der Waals surface area contributed by atoms with Gasteiger partial charge in [-0.25, -0.2) is 4.79 Å². The number of esters is 2. The summed E-state index contributed by atoms with van der Waals surface area (Å²) in [7, 11) is 0. The number of ether oxygens (including phenoxy) is 4. The third-order valence-corrected chi connectivity index (χ3v) is 1.70. The molecule has 0 aromatic rings. The Morgan fingerprint density at radius 2 is 1.06 bits per heavy atom. The van der Waals surface area contributed by atoms with Crippen LogP contribution in [0.25, 0.3) is 0 Å². The van der Waals surface area contributed by atoms with Crippen molar-refractivity contribution in [3.05, 3.63) is 0 Å². The molecule has 0 N–H and O–H groups in total. The monoisotopic (exact) mass is 262 g/mol. The highest BCUT2D eigenvalue weighted by Gasteiger charge is 2.12. The lowest BCUT2D eigenvalue weighted by Gasteiger charge is -2.09. The second kappa shape index (κ2) is 8.32. The third kappa shape index (κ3) is 7.48. The van der Waals surface area contributed by atoms with Crippen LogP contribution >= 0.6 is 0 Å². The smallest absolute Gasteiger partial charge is 0.427 e. The van der Waals surface area contributed by atoms with Crippen molar-refractivity contribution < 1.29 is 33.3 Å². The Hall–Kier alpha value is -1.79. The van der Waals surface area contributed by atoms with Crippen molar-refractivity contribution in [3.63, 3.8) is 0 Å². The quantitative estimate of drug-likeness (QED) is 0.528. The van der Waals surface area contributed by atoms with Gasteiger partial charge >= 0.3 is 18.1 Å². The highest BCUT2D eigenvalue weighted by molar-refractivity contribution is 5.72. The van der Waals surface area contributed by atoms with Gasteiger partial charge in [0.1, 0.15) is 0 Å². The fraction of sp³-hybridized carbons (Fsp3) is 0.727. The van der Waals surface area contributed by atoms with Crippen molar-refractivity contribution in [2.45, 2.75) is 27.7 Å². The molecule has 7 nitrogen and oxygen atoms in total. The molecular formula is C11H18O7. The number of carbonyl (C=O) groups is 3.